The standard InChI is InChI=1S/C8H7F2NO2/c9-4-1-2-5(6(10)3-4)7(12)8(11)13/h1-3,7,12H,(H2,11,13)/t7-/m1/s1. The minimum absolute atomic E-state index is 0.325. The fourth-order valence-corrected chi connectivity index (χ4v) is 0.877. The highest BCUT2D eigenvalue weighted by atomic mass is 19.1. The van der Waals surface area contributed by atoms with Crippen LogP contribution in [0.2, 0.25) is 0 Å². The molecular formula is C8H7F2NO2. The molecule has 0 radical (unpaired) electrons. The van der Waals surface area contributed by atoms with E-state index in [0.717, 1.165) is 12.1 Å². The second-order valence-corrected chi connectivity index (χ2v) is 2.47. The van der Waals surface area contributed by atoms with Gasteiger partial charge in [-0.3, -0.25) is 4.79 Å². The molecule has 0 unspecified atom stereocenters. The van der Waals surface area contributed by atoms with Crippen molar-refractivity contribution in [3.63, 3.8) is 0 Å². The fourth-order valence-electron chi connectivity index (χ4n) is 0.877. The van der Waals surface area contributed by atoms with Crippen LogP contribution in [0.1, 0.15) is 11.7 Å². The summed E-state index contributed by atoms with van der Waals surface area (Å²) < 4.78 is 25.2. The summed E-state index contributed by atoms with van der Waals surface area (Å²) in [5.74, 6) is -2.85. The Morgan fingerprint density at radius 1 is 1.46 bits per heavy atom. The summed E-state index contributed by atoms with van der Waals surface area (Å²) in [6.45, 7) is 0. The molecule has 3 N–H and O–H groups in total. The zero-order valence-electron chi connectivity index (χ0n) is 6.50. The van der Waals surface area contributed by atoms with Gasteiger partial charge in [-0.05, 0) is 6.07 Å². The van der Waals surface area contributed by atoms with Crippen molar-refractivity contribution in [2.45, 2.75) is 6.10 Å². The van der Waals surface area contributed by atoms with Crippen LogP contribution in [0, 0.1) is 11.6 Å². The second kappa shape index (κ2) is 3.49. The van der Waals surface area contributed by atoms with Crippen molar-refractivity contribution in [3.05, 3.63) is 35.4 Å². The quantitative estimate of drug-likeness (QED) is 0.707. The Balaban J connectivity index is 3.08. The molecule has 0 saturated carbocycles. The lowest BCUT2D eigenvalue weighted by Gasteiger charge is -2.07. The molecule has 70 valence electrons. The maximum Gasteiger partial charge on any atom is 0.251 e. The second-order valence-electron chi connectivity index (χ2n) is 2.47. The van der Waals surface area contributed by atoms with E-state index in [2.05, 4.69) is 0 Å². The van der Waals surface area contributed by atoms with E-state index >= 15 is 0 Å². The normalized spacial score (nSPS) is 12.5. The van der Waals surface area contributed by atoms with Gasteiger partial charge < -0.3 is 10.8 Å². The van der Waals surface area contributed by atoms with Gasteiger partial charge in [0.05, 0.1) is 0 Å². The Labute approximate surface area is 72.8 Å². The van der Waals surface area contributed by atoms with Gasteiger partial charge in [-0.2, -0.15) is 0 Å². The van der Waals surface area contributed by atoms with Crippen LogP contribution in [-0.2, 0) is 4.79 Å². The van der Waals surface area contributed by atoms with Crippen LogP contribution in [0.25, 0.3) is 0 Å². The Hall–Kier alpha value is -1.49. The number of nitrogens with two attached hydrogens (primary N) is 1. The first kappa shape index (κ1) is 9.60. The van der Waals surface area contributed by atoms with Crippen LogP contribution >= 0.6 is 0 Å². The van der Waals surface area contributed by atoms with Crippen LogP contribution in [0.4, 0.5) is 8.78 Å². The summed E-state index contributed by atoms with van der Waals surface area (Å²) in [7, 11) is 0. The molecule has 0 aliphatic rings. The van der Waals surface area contributed by atoms with Gasteiger partial charge in [-0.1, -0.05) is 6.07 Å². The largest absolute Gasteiger partial charge is 0.378 e. The molecule has 0 bridgehead atoms. The monoisotopic (exact) mass is 187 g/mol. The third kappa shape index (κ3) is 2.00. The van der Waals surface area contributed by atoms with Crippen molar-refractivity contribution in [1.82, 2.24) is 0 Å². The van der Waals surface area contributed by atoms with E-state index in [4.69, 9.17) is 10.8 Å². The van der Waals surface area contributed by atoms with E-state index in [1.165, 1.54) is 0 Å². The lowest BCUT2D eigenvalue weighted by atomic mass is 10.1. The SMILES string of the molecule is NC(=O)[C@H](O)c1ccc(F)cc1F. The van der Waals surface area contributed by atoms with Gasteiger partial charge in [-0.25, -0.2) is 8.78 Å². The molecule has 0 fully saturated rings. The zero-order valence-corrected chi connectivity index (χ0v) is 6.50. The zero-order chi connectivity index (χ0) is 10.0. The average molecular weight is 187 g/mol. The van der Waals surface area contributed by atoms with Gasteiger partial charge in [0.15, 0.2) is 6.10 Å². The first-order valence-electron chi connectivity index (χ1n) is 3.44. The summed E-state index contributed by atoms with van der Waals surface area (Å²) in [4.78, 5) is 10.4. The van der Waals surface area contributed by atoms with Crippen LogP contribution in [0.3, 0.4) is 0 Å². The number of carbonyl (C=O) groups excluding carboxylic acids is 1. The Morgan fingerprint density at radius 2 is 2.08 bits per heavy atom. The number of rotatable bonds is 2. The maximum atomic E-state index is 12.9. The third-order valence-electron chi connectivity index (χ3n) is 1.53. The minimum atomic E-state index is -1.74. The first-order valence-corrected chi connectivity index (χ1v) is 3.44. The van der Waals surface area contributed by atoms with Crippen LogP contribution < -0.4 is 5.73 Å². The Kier molecular flexibility index (Phi) is 2.57. The highest BCUT2D eigenvalue weighted by Crippen LogP contribution is 2.17. The Bertz CT molecular complexity index is 341. The van der Waals surface area contributed by atoms with Crippen LogP contribution in [0.15, 0.2) is 18.2 Å². The van der Waals surface area contributed by atoms with Gasteiger partial charge in [0.25, 0.3) is 5.91 Å². The van der Waals surface area contributed by atoms with E-state index in [0.29, 0.717) is 6.07 Å². The van der Waals surface area contributed by atoms with E-state index in [1.54, 1.807) is 0 Å². The predicted molar refractivity (Wildman–Crippen MR) is 40.5 cm³/mol. The lowest BCUT2D eigenvalue weighted by molar-refractivity contribution is -0.126. The number of hydrogen-bond donors (Lipinski definition) is 2. The summed E-state index contributed by atoms with van der Waals surface area (Å²) >= 11 is 0. The lowest BCUT2D eigenvalue weighted by Crippen LogP contribution is -2.21. The molecule has 0 aromatic heterocycles. The number of aliphatic hydroxyl groups is 1. The fraction of sp³-hybridized carbons (Fsp3) is 0.125. The highest BCUT2D eigenvalue weighted by Gasteiger charge is 2.17. The van der Waals surface area contributed by atoms with Gasteiger partial charge in [0, 0.05) is 11.6 Å². The van der Waals surface area contributed by atoms with Crippen molar-refractivity contribution in [2.24, 2.45) is 5.73 Å². The van der Waals surface area contributed by atoms with Gasteiger partial charge >= 0.3 is 0 Å². The molecule has 1 atom stereocenters. The summed E-state index contributed by atoms with van der Waals surface area (Å²) in [6.07, 6.45) is -1.74. The molecule has 5 heteroatoms. The van der Waals surface area contributed by atoms with Gasteiger partial charge in [0.1, 0.15) is 11.6 Å². The Morgan fingerprint density at radius 3 is 2.54 bits per heavy atom. The summed E-state index contributed by atoms with van der Waals surface area (Å²) in [5, 5.41) is 9.03. The number of carbonyl (C=O) groups is 1. The molecule has 0 spiro atoms. The molecule has 13 heavy (non-hydrogen) atoms. The highest BCUT2D eigenvalue weighted by molar-refractivity contribution is 5.80. The molecule has 0 heterocycles. The average Bonchev–Trinajstić information content (AvgIpc) is 2.03. The van der Waals surface area contributed by atoms with E-state index in [9.17, 15) is 13.6 Å². The molecule has 0 saturated heterocycles. The molecular weight excluding hydrogens is 180 g/mol. The predicted octanol–water partition coefficient (Wildman–Crippen LogP) is 0.484. The van der Waals surface area contributed by atoms with Crippen LogP contribution in [0.5, 0.6) is 0 Å². The van der Waals surface area contributed by atoms with E-state index in [1.807, 2.05) is 0 Å². The van der Waals surface area contributed by atoms with Crippen molar-refractivity contribution in [3.8, 4) is 0 Å². The molecule has 1 aromatic rings. The topological polar surface area (TPSA) is 63.3 Å². The molecule has 1 rings (SSSR count). The number of aliphatic hydroxyl groups excluding tert-OH is 1. The van der Waals surface area contributed by atoms with Crippen molar-refractivity contribution in [2.75, 3.05) is 0 Å². The molecule has 3 nitrogen and oxygen atoms in total. The van der Waals surface area contributed by atoms with Gasteiger partial charge in [-0.15, -0.1) is 0 Å². The molecule has 0 aliphatic carbocycles. The number of primary amides is 1. The molecule has 0 aliphatic heterocycles. The van der Waals surface area contributed by atoms with E-state index in [-0.39, 0.29) is 5.56 Å². The minimum Gasteiger partial charge on any atom is -0.378 e. The number of halogens is 2. The van der Waals surface area contributed by atoms with Crippen molar-refractivity contribution >= 4 is 5.91 Å². The van der Waals surface area contributed by atoms with Crippen LogP contribution in [-0.4, -0.2) is 11.0 Å². The van der Waals surface area contributed by atoms with Gasteiger partial charge in [0.2, 0.25) is 0 Å². The van der Waals surface area contributed by atoms with Crippen molar-refractivity contribution in [1.29, 1.82) is 0 Å². The van der Waals surface area contributed by atoms with E-state index < -0.39 is 23.6 Å². The van der Waals surface area contributed by atoms with Crippen molar-refractivity contribution < 1.29 is 18.7 Å². The number of benzene rings is 1. The third-order valence-corrected chi connectivity index (χ3v) is 1.53. The smallest absolute Gasteiger partial charge is 0.251 e. The maximum absolute atomic E-state index is 12.9. The number of amides is 1. The first-order chi connectivity index (χ1) is 6.02. The summed E-state index contributed by atoms with van der Waals surface area (Å²) in [5.41, 5.74) is 4.40. The number of hydrogen-bond acceptors (Lipinski definition) is 2. The molecule has 1 amide bonds. The molecule has 1 aromatic carbocycles. The summed E-state index contributed by atoms with van der Waals surface area (Å²) in [6, 6.07) is 2.48.